The first-order valence-corrected chi connectivity index (χ1v) is 8.71. The predicted molar refractivity (Wildman–Crippen MR) is 86.2 cm³/mol. The molecule has 20 heavy (non-hydrogen) atoms. The zero-order valence-corrected chi connectivity index (χ0v) is 13.6. The number of halogens is 1. The highest BCUT2D eigenvalue weighted by atomic mass is 79.9. The summed E-state index contributed by atoms with van der Waals surface area (Å²) in [6, 6.07) is 4.62. The summed E-state index contributed by atoms with van der Waals surface area (Å²) in [7, 11) is 0. The maximum Gasteiger partial charge on any atom is 0.125 e. The van der Waals surface area contributed by atoms with Gasteiger partial charge >= 0.3 is 0 Å². The summed E-state index contributed by atoms with van der Waals surface area (Å²) >= 11 is 3.60. The second-order valence-electron chi connectivity index (χ2n) is 6.34. The first-order chi connectivity index (χ1) is 9.72. The lowest BCUT2D eigenvalue weighted by Gasteiger charge is -2.16. The van der Waals surface area contributed by atoms with Gasteiger partial charge < -0.3 is 10.5 Å². The van der Waals surface area contributed by atoms with E-state index in [1.165, 1.54) is 43.2 Å². The molecule has 0 saturated heterocycles. The molecule has 1 saturated carbocycles. The molecule has 1 aliphatic heterocycles. The van der Waals surface area contributed by atoms with Crippen LogP contribution in [-0.4, -0.2) is 12.6 Å². The zero-order valence-electron chi connectivity index (χ0n) is 12.0. The van der Waals surface area contributed by atoms with Crippen LogP contribution in [-0.2, 0) is 12.8 Å². The molecule has 0 radical (unpaired) electrons. The second-order valence-corrected chi connectivity index (χ2v) is 7.26. The molecule has 1 aromatic rings. The van der Waals surface area contributed by atoms with Gasteiger partial charge in [-0.15, -0.1) is 0 Å². The van der Waals surface area contributed by atoms with E-state index in [-0.39, 0.29) is 6.04 Å². The number of fused-ring (bicyclic) bond motifs is 1. The Morgan fingerprint density at radius 1 is 1.30 bits per heavy atom. The minimum atomic E-state index is 0.262. The molecule has 3 heteroatoms. The van der Waals surface area contributed by atoms with Crippen molar-refractivity contribution in [2.24, 2.45) is 11.7 Å². The molecule has 2 nitrogen and oxygen atoms in total. The van der Waals surface area contributed by atoms with E-state index >= 15 is 0 Å². The third-order valence-corrected chi connectivity index (χ3v) is 5.19. The summed E-state index contributed by atoms with van der Waals surface area (Å²) in [5.74, 6) is 2.04. The summed E-state index contributed by atoms with van der Waals surface area (Å²) < 4.78 is 6.94. The van der Waals surface area contributed by atoms with Gasteiger partial charge in [-0.3, -0.25) is 0 Å². The van der Waals surface area contributed by atoms with Gasteiger partial charge in [0.05, 0.1) is 6.61 Å². The molecule has 2 aliphatic rings. The predicted octanol–water partition coefficient (Wildman–Crippen LogP) is 4.22. The van der Waals surface area contributed by atoms with Crippen molar-refractivity contribution in [1.29, 1.82) is 0 Å². The minimum Gasteiger partial charge on any atom is -0.493 e. The van der Waals surface area contributed by atoms with E-state index < -0.39 is 0 Å². The van der Waals surface area contributed by atoms with Crippen LogP contribution in [0.1, 0.15) is 49.7 Å². The molecule has 1 fully saturated rings. The maximum absolute atomic E-state index is 6.36. The molecule has 0 amide bonds. The molecule has 1 atom stereocenters. The van der Waals surface area contributed by atoms with Crippen molar-refractivity contribution in [1.82, 2.24) is 0 Å². The second kappa shape index (κ2) is 6.48. The van der Waals surface area contributed by atoms with Crippen LogP contribution in [0.25, 0.3) is 0 Å². The molecule has 0 bridgehead atoms. The molecule has 1 aliphatic carbocycles. The smallest absolute Gasteiger partial charge is 0.125 e. The molecule has 0 aromatic heterocycles. The number of hydrogen-bond donors (Lipinski definition) is 1. The van der Waals surface area contributed by atoms with E-state index in [1.807, 2.05) is 0 Å². The third kappa shape index (κ3) is 3.37. The molecular weight excluding hydrogens is 314 g/mol. The Morgan fingerprint density at radius 3 is 2.90 bits per heavy atom. The Kier molecular flexibility index (Phi) is 4.67. The molecule has 2 N–H and O–H groups in total. The van der Waals surface area contributed by atoms with Crippen molar-refractivity contribution in [2.75, 3.05) is 6.61 Å². The Labute approximate surface area is 130 Å². The van der Waals surface area contributed by atoms with Crippen LogP contribution >= 0.6 is 15.9 Å². The van der Waals surface area contributed by atoms with Crippen molar-refractivity contribution in [3.63, 3.8) is 0 Å². The Bertz CT molecular complexity index is 468. The number of nitrogens with two attached hydrogens (primary N) is 1. The Balaban J connectivity index is 1.59. The highest BCUT2D eigenvalue weighted by molar-refractivity contribution is 9.10. The van der Waals surface area contributed by atoms with Crippen molar-refractivity contribution < 1.29 is 4.74 Å². The summed E-state index contributed by atoms with van der Waals surface area (Å²) in [6.07, 6.45) is 10.1. The van der Waals surface area contributed by atoms with Gasteiger partial charge in [0.2, 0.25) is 0 Å². The monoisotopic (exact) mass is 337 g/mol. The van der Waals surface area contributed by atoms with Crippen LogP contribution in [0.3, 0.4) is 0 Å². The fraction of sp³-hybridized carbons (Fsp3) is 0.647. The van der Waals surface area contributed by atoms with E-state index in [1.54, 1.807) is 0 Å². The highest BCUT2D eigenvalue weighted by Crippen LogP contribution is 2.34. The van der Waals surface area contributed by atoms with E-state index in [9.17, 15) is 0 Å². The average molecular weight is 338 g/mol. The molecule has 0 spiro atoms. The van der Waals surface area contributed by atoms with Gasteiger partial charge in [0.15, 0.2) is 0 Å². The standard InChI is InChI=1S/C17H24BrNO/c18-15-9-13-7-8-20-17(13)14(10-15)11-16(19)6-5-12-3-1-2-4-12/h9-10,12,16H,1-8,11,19H2. The van der Waals surface area contributed by atoms with E-state index in [4.69, 9.17) is 10.5 Å². The zero-order chi connectivity index (χ0) is 13.9. The van der Waals surface area contributed by atoms with Crippen LogP contribution in [0, 0.1) is 5.92 Å². The van der Waals surface area contributed by atoms with Gasteiger partial charge in [0.25, 0.3) is 0 Å². The van der Waals surface area contributed by atoms with Crippen LogP contribution in [0.4, 0.5) is 0 Å². The molecular formula is C17H24BrNO. The average Bonchev–Trinajstić information content (AvgIpc) is 3.06. The van der Waals surface area contributed by atoms with Gasteiger partial charge in [-0.1, -0.05) is 41.6 Å². The first kappa shape index (κ1) is 14.4. The fourth-order valence-electron chi connectivity index (χ4n) is 3.63. The molecule has 110 valence electrons. The minimum absolute atomic E-state index is 0.262. The molecule has 1 unspecified atom stereocenters. The maximum atomic E-state index is 6.36. The summed E-state index contributed by atoms with van der Waals surface area (Å²) in [6.45, 7) is 0.816. The van der Waals surface area contributed by atoms with Crippen molar-refractivity contribution in [2.45, 2.75) is 57.4 Å². The molecule has 3 rings (SSSR count). The summed E-state index contributed by atoms with van der Waals surface area (Å²) in [5.41, 5.74) is 8.97. The quantitative estimate of drug-likeness (QED) is 0.872. The van der Waals surface area contributed by atoms with Crippen LogP contribution < -0.4 is 10.5 Å². The normalized spacial score (nSPS) is 19.9. The fourth-order valence-corrected chi connectivity index (χ4v) is 4.18. The van der Waals surface area contributed by atoms with Gasteiger partial charge in [-0.2, -0.15) is 0 Å². The number of rotatable bonds is 5. The van der Waals surface area contributed by atoms with Crippen molar-refractivity contribution >= 4 is 15.9 Å². The number of hydrogen-bond acceptors (Lipinski definition) is 2. The van der Waals surface area contributed by atoms with Crippen LogP contribution in [0.5, 0.6) is 5.75 Å². The van der Waals surface area contributed by atoms with Crippen molar-refractivity contribution in [3.8, 4) is 5.75 Å². The lowest BCUT2D eigenvalue weighted by molar-refractivity contribution is 0.351. The van der Waals surface area contributed by atoms with Crippen LogP contribution in [0.15, 0.2) is 16.6 Å². The summed E-state index contributed by atoms with van der Waals surface area (Å²) in [4.78, 5) is 0. The van der Waals surface area contributed by atoms with Gasteiger partial charge in [-0.05, 0) is 48.4 Å². The topological polar surface area (TPSA) is 35.2 Å². The SMILES string of the molecule is NC(CCC1CCCC1)Cc1cc(Br)cc2c1OCC2. The number of ether oxygens (including phenoxy) is 1. The largest absolute Gasteiger partial charge is 0.493 e. The lowest BCUT2D eigenvalue weighted by atomic mass is 9.94. The highest BCUT2D eigenvalue weighted by Gasteiger charge is 2.20. The van der Waals surface area contributed by atoms with Gasteiger partial charge in [0, 0.05) is 16.9 Å². The van der Waals surface area contributed by atoms with E-state index in [0.717, 1.165) is 42.0 Å². The van der Waals surface area contributed by atoms with Gasteiger partial charge in [-0.25, -0.2) is 0 Å². The van der Waals surface area contributed by atoms with Crippen LogP contribution in [0.2, 0.25) is 0 Å². The van der Waals surface area contributed by atoms with Crippen molar-refractivity contribution in [3.05, 3.63) is 27.7 Å². The lowest BCUT2D eigenvalue weighted by Crippen LogP contribution is -2.23. The molecule has 1 aromatic carbocycles. The van der Waals surface area contributed by atoms with Gasteiger partial charge in [0.1, 0.15) is 5.75 Å². The third-order valence-electron chi connectivity index (χ3n) is 4.73. The summed E-state index contributed by atoms with van der Waals surface area (Å²) in [5, 5.41) is 0. The molecule has 1 heterocycles. The number of benzene rings is 1. The Morgan fingerprint density at radius 2 is 2.10 bits per heavy atom. The van der Waals surface area contributed by atoms with E-state index in [2.05, 4.69) is 28.1 Å². The Hall–Kier alpha value is -0.540. The first-order valence-electron chi connectivity index (χ1n) is 7.92. The van der Waals surface area contributed by atoms with E-state index in [0.29, 0.717) is 0 Å².